The predicted octanol–water partition coefficient (Wildman–Crippen LogP) is 2.96. The summed E-state index contributed by atoms with van der Waals surface area (Å²) < 4.78 is 6.96. The molecule has 2 aliphatic rings. The summed E-state index contributed by atoms with van der Waals surface area (Å²) in [6, 6.07) is 6.63. The maximum atomic E-state index is 5.89. The Bertz CT molecular complexity index is 438. The summed E-state index contributed by atoms with van der Waals surface area (Å²) in [5.41, 5.74) is 1.13. The third-order valence-corrected chi connectivity index (χ3v) is 4.43. The summed E-state index contributed by atoms with van der Waals surface area (Å²) in [6.07, 6.45) is 2.60. The molecule has 1 aromatic rings. The van der Waals surface area contributed by atoms with E-state index >= 15 is 0 Å². The Balaban J connectivity index is 1.72. The van der Waals surface area contributed by atoms with Gasteiger partial charge in [0.15, 0.2) is 0 Å². The van der Waals surface area contributed by atoms with Crippen LogP contribution >= 0.6 is 15.9 Å². The van der Waals surface area contributed by atoms with Crippen molar-refractivity contribution in [2.45, 2.75) is 18.9 Å². The number of fused-ring (bicyclic) bond motifs is 1. The van der Waals surface area contributed by atoms with Gasteiger partial charge in [0.25, 0.3) is 0 Å². The summed E-state index contributed by atoms with van der Waals surface area (Å²) in [4.78, 5) is 2.42. The highest BCUT2D eigenvalue weighted by Crippen LogP contribution is 2.34. The lowest BCUT2D eigenvalue weighted by Gasteiger charge is -2.38. The van der Waals surface area contributed by atoms with Gasteiger partial charge in [-0.3, -0.25) is 0 Å². The van der Waals surface area contributed by atoms with Crippen LogP contribution in [0.4, 0.5) is 5.69 Å². The molecule has 2 unspecified atom stereocenters. The second kappa shape index (κ2) is 5.10. The van der Waals surface area contributed by atoms with Crippen LogP contribution in [0, 0.1) is 5.92 Å². The summed E-state index contributed by atoms with van der Waals surface area (Å²) >= 11 is 3.48. The Morgan fingerprint density at radius 2 is 2.33 bits per heavy atom. The van der Waals surface area contributed by atoms with Gasteiger partial charge in [-0.2, -0.15) is 0 Å². The maximum absolute atomic E-state index is 5.89. The zero-order chi connectivity index (χ0) is 12.5. The van der Waals surface area contributed by atoms with Crippen molar-refractivity contribution in [2.24, 2.45) is 5.92 Å². The van der Waals surface area contributed by atoms with Crippen molar-refractivity contribution >= 4 is 21.6 Å². The van der Waals surface area contributed by atoms with Crippen molar-refractivity contribution in [2.75, 3.05) is 32.1 Å². The van der Waals surface area contributed by atoms with E-state index in [0.717, 1.165) is 22.5 Å². The molecule has 0 aromatic heterocycles. The van der Waals surface area contributed by atoms with Crippen LogP contribution in [0.1, 0.15) is 12.8 Å². The van der Waals surface area contributed by atoms with Gasteiger partial charge in [0, 0.05) is 11.0 Å². The first-order chi connectivity index (χ1) is 8.72. The van der Waals surface area contributed by atoms with Gasteiger partial charge in [0.05, 0.1) is 11.7 Å². The average Bonchev–Trinajstić information content (AvgIpc) is 2.38. The van der Waals surface area contributed by atoms with Crippen LogP contribution in [0.3, 0.4) is 0 Å². The minimum Gasteiger partial charge on any atom is -0.489 e. The highest BCUT2D eigenvalue weighted by atomic mass is 79.9. The fraction of sp³-hybridized carbons (Fsp3) is 0.571. The van der Waals surface area contributed by atoms with Gasteiger partial charge < -0.3 is 15.0 Å². The van der Waals surface area contributed by atoms with Gasteiger partial charge in [0.2, 0.25) is 0 Å². The first-order valence-electron chi connectivity index (χ1n) is 6.60. The highest BCUT2D eigenvalue weighted by molar-refractivity contribution is 9.10. The standard InChI is InChI=1S/C14H19BrN2O/c1-17-6-2-3-10(8-17)13-9-18-14-7-11(15)4-5-12(14)16-13/h4-5,7,10,13,16H,2-3,6,8-9H2,1H3. The normalized spacial score (nSPS) is 28.1. The molecule has 3 nitrogen and oxygen atoms in total. The molecule has 4 heteroatoms. The lowest BCUT2D eigenvalue weighted by atomic mass is 9.90. The van der Waals surface area contributed by atoms with Gasteiger partial charge in [-0.25, -0.2) is 0 Å². The van der Waals surface area contributed by atoms with Crippen molar-refractivity contribution in [3.8, 4) is 5.75 Å². The molecular weight excluding hydrogens is 292 g/mol. The predicted molar refractivity (Wildman–Crippen MR) is 77.3 cm³/mol. The summed E-state index contributed by atoms with van der Waals surface area (Å²) in [5, 5.41) is 3.64. The molecule has 18 heavy (non-hydrogen) atoms. The van der Waals surface area contributed by atoms with E-state index in [1.54, 1.807) is 0 Å². The van der Waals surface area contributed by atoms with E-state index in [2.05, 4.69) is 45.3 Å². The van der Waals surface area contributed by atoms with Crippen molar-refractivity contribution in [1.29, 1.82) is 0 Å². The molecule has 0 aliphatic carbocycles. The number of hydrogen-bond donors (Lipinski definition) is 1. The Morgan fingerprint density at radius 1 is 1.44 bits per heavy atom. The number of likely N-dealkylation sites (tertiary alicyclic amines) is 1. The zero-order valence-electron chi connectivity index (χ0n) is 10.7. The van der Waals surface area contributed by atoms with Gasteiger partial charge >= 0.3 is 0 Å². The Kier molecular flexibility index (Phi) is 3.48. The first kappa shape index (κ1) is 12.3. The van der Waals surface area contributed by atoms with Crippen LogP contribution in [-0.2, 0) is 0 Å². The van der Waals surface area contributed by atoms with Crippen LogP contribution in [0.2, 0.25) is 0 Å². The smallest absolute Gasteiger partial charge is 0.143 e. The van der Waals surface area contributed by atoms with Gasteiger partial charge in [-0.05, 0) is 50.6 Å². The van der Waals surface area contributed by atoms with E-state index in [4.69, 9.17) is 4.74 Å². The lowest BCUT2D eigenvalue weighted by Crippen LogP contribution is -2.45. The third kappa shape index (κ3) is 2.50. The molecule has 1 aromatic carbocycles. The molecular formula is C14H19BrN2O. The number of anilines is 1. The molecule has 0 bridgehead atoms. The van der Waals surface area contributed by atoms with E-state index in [0.29, 0.717) is 12.0 Å². The summed E-state index contributed by atoms with van der Waals surface area (Å²) in [5.74, 6) is 1.66. The van der Waals surface area contributed by atoms with E-state index < -0.39 is 0 Å². The number of ether oxygens (including phenoxy) is 1. The number of hydrogen-bond acceptors (Lipinski definition) is 3. The molecule has 2 atom stereocenters. The fourth-order valence-corrected chi connectivity index (χ4v) is 3.28. The molecule has 2 aliphatic heterocycles. The summed E-state index contributed by atoms with van der Waals surface area (Å²) in [6.45, 7) is 3.18. The van der Waals surface area contributed by atoms with Crippen molar-refractivity contribution in [1.82, 2.24) is 4.90 Å². The first-order valence-corrected chi connectivity index (χ1v) is 7.39. The van der Waals surface area contributed by atoms with E-state index in [9.17, 15) is 0 Å². The number of halogens is 1. The van der Waals surface area contributed by atoms with Gasteiger partial charge in [0.1, 0.15) is 12.4 Å². The topological polar surface area (TPSA) is 24.5 Å². The van der Waals surface area contributed by atoms with Gasteiger partial charge in [-0.1, -0.05) is 15.9 Å². The average molecular weight is 311 g/mol. The highest BCUT2D eigenvalue weighted by Gasteiger charge is 2.29. The molecule has 0 saturated carbocycles. The second-order valence-corrected chi connectivity index (χ2v) is 6.28. The molecule has 3 rings (SSSR count). The van der Waals surface area contributed by atoms with Crippen LogP contribution in [0.15, 0.2) is 22.7 Å². The number of piperidine rings is 1. The monoisotopic (exact) mass is 310 g/mol. The van der Waals surface area contributed by atoms with E-state index in [1.807, 2.05) is 6.07 Å². The molecule has 2 heterocycles. The van der Waals surface area contributed by atoms with E-state index in [-0.39, 0.29) is 0 Å². The number of rotatable bonds is 1. The molecule has 1 saturated heterocycles. The Morgan fingerprint density at radius 3 is 3.17 bits per heavy atom. The number of nitrogens with one attached hydrogen (secondary N) is 1. The van der Waals surface area contributed by atoms with Crippen molar-refractivity contribution < 1.29 is 4.74 Å². The molecule has 0 amide bonds. The maximum Gasteiger partial charge on any atom is 0.143 e. The quantitative estimate of drug-likeness (QED) is 0.863. The van der Waals surface area contributed by atoms with Crippen LogP contribution in [0.5, 0.6) is 5.75 Å². The van der Waals surface area contributed by atoms with Crippen LogP contribution < -0.4 is 10.1 Å². The van der Waals surface area contributed by atoms with Crippen molar-refractivity contribution in [3.63, 3.8) is 0 Å². The molecule has 98 valence electrons. The molecule has 0 radical (unpaired) electrons. The third-order valence-electron chi connectivity index (χ3n) is 3.93. The minimum absolute atomic E-state index is 0.446. The van der Waals surface area contributed by atoms with Gasteiger partial charge in [-0.15, -0.1) is 0 Å². The van der Waals surface area contributed by atoms with Crippen molar-refractivity contribution in [3.05, 3.63) is 22.7 Å². The minimum atomic E-state index is 0.446. The second-order valence-electron chi connectivity index (χ2n) is 5.37. The zero-order valence-corrected chi connectivity index (χ0v) is 12.2. The SMILES string of the molecule is CN1CCCC(C2COc3cc(Br)ccc3N2)C1. The van der Waals surface area contributed by atoms with Crippen LogP contribution in [-0.4, -0.2) is 37.7 Å². The Hall–Kier alpha value is -0.740. The molecule has 1 fully saturated rings. The number of nitrogens with zero attached hydrogens (tertiary/aromatic N) is 1. The van der Waals surface area contributed by atoms with Crippen LogP contribution in [0.25, 0.3) is 0 Å². The lowest BCUT2D eigenvalue weighted by molar-refractivity contribution is 0.159. The number of benzene rings is 1. The fourth-order valence-electron chi connectivity index (χ4n) is 2.94. The summed E-state index contributed by atoms with van der Waals surface area (Å²) in [7, 11) is 2.21. The molecule has 1 N–H and O–H groups in total. The largest absolute Gasteiger partial charge is 0.489 e. The Labute approximate surface area is 117 Å². The molecule has 0 spiro atoms. The van der Waals surface area contributed by atoms with E-state index in [1.165, 1.54) is 25.9 Å².